The molecule has 0 unspecified atom stereocenters. The van der Waals surface area contributed by atoms with Gasteiger partial charge in [-0.3, -0.25) is 0 Å². The number of benzene rings is 4. The fourth-order valence-electron chi connectivity index (χ4n) is 2.93. The number of nitrogens with zero attached hydrogens (tertiary/aromatic N) is 1. The molecule has 4 aromatic carbocycles. The lowest BCUT2D eigenvalue weighted by Gasteiger charge is -2.16. The van der Waals surface area contributed by atoms with Crippen molar-refractivity contribution in [3.8, 4) is 17.2 Å². The van der Waals surface area contributed by atoms with Crippen LogP contribution in [0.25, 0.3) is 0 Å². The van der Waals surface area contributed by atoms with Crippen LogP contribution in [0.15, 0.2) is 134 Å². The zero-order chi connectivity index (χ0) is 25.3. The first-order chi connectivity index (χ1) is 17.7. The Balaban J connectivity index is 0.000000209. The maximum atomic E-state index is 5.78. The quantitative estimate of drug-likeness (QED) is 0.252. The number of hydrogen-bond donors (Lipinski definition) is 1. The first-order valence-electron chi connectivity index (χ1n) is 11.9. The molecule has 182 valence electrons. The minimum atomic E-state index is -0.868. The van der Waals surface area contributed by atoms with E-state index in [2.05, 4.69) is 16.9 Å². The van der Waals surface area contributed by atoms with E-state index in [4.69, 9.17) is 14.0 Å². The highest BCUT2D eigenvalue weighted by Gasteiger charge is 2.30. The molecule has 0 saturated heterocycles. The molecule has 1 heterocycles. The van der Waals surface area contributed by atoms with Gasteiger partial charge in [0.2, 0.25) is 0 Å². The molecule has 0 aliphatic heterocycles. The fraction of sp³-hybridized carbons (Fsp3) is 0.100. The number of H-pyrrole nitrogens is 1. The van der Waals surface area contributed by atoms with Gasteiger partial charge < -0.3 is 18.9 Å². The summed E-state index contributed by atoms with van der Waals surface area (Å²) in [6, 6.07) is 40.3. The van der Waals surface area contributed by atoms with Crippen molar-refractivity contribution in [1.29, 1.82) is 0 Å². The fourth-order valence-corrected chi connectivity index (χ4v) is 2.93. The SMILES string of the molecule is CCc1ncc(C)[nH]1.c1ccc(OB(Oc2ccccc2)Oc2ccccc2)cc1.c1ccccc1. The van der Waals surface area contributed by atoms with Crippen LogP contribution in [0.4, 0.5) is 0 Å². The molecule has 0 spiro atoms. The van der Waals surface area contributed by atoms with Gasteiger partial charge in [0.1, 0.15) is 23.1 Å². The highest BCUT2D eigenvalue weighted by molar-refractivity contribution is 6.39. The molecule has 5 nitrogen and oxygen atoms in total. The molecule has 6 heteroatoms. The van der Waals surface area contributed by atoms with Crippen LogP contribution in [0.3, 0.4) is 0 Å². The van der Waals surface area contributed by atoms with Crippen LogP contribution < -0.4 is 14.0 Å². The summed E-state index contributed by atoms with van der Waals surface area (Å²) in [5, 5.41) is 0. The Hall–Kier alpha value is -4.45. The smallest absolute Gasteiger partial charge is 0.490 e. The van der Waals surface area contributed by atoms with Crippen LogP contribution in [0.1, 0.15) is 18.4 Å². The second-order valence-electron chi connectivity index (χ2n) is 7.60. The Morgan fingerprint density at radius 1 is 0.583 bits per heavy atom. The van der Waals surface area contributed by atoms with E-state index in [1.54, 1.807) is 0 Å². The van der Waals surface area contributed by atoms with E-state index in [0.717, 1.165) is 17.9 Å². The first-order valence-corrected chi connectivity index (χ1v) is 11.9. The highest BCUT2D eigenvalue weighted by Crippen LogP contribution is 2.17. The molecule has 0 bridgehead atoms. The van der Waals surface area contributed by atoms with Crippen LogP contribution in [0.2, 0.25) is 0 Å². The number of rotatable bonds is 7. The van der Waals surface area contributed by atoms with Crippen LogP contribution in [0.5, 0.6) is 17.2 Å². The molecule has 1 aromatic heterocycles. The summed E-state index contributed by atoms with van der Waals surface area (Å²) in [5.41, 5.74) is 1.14. The van der Waals surface area contributed by atoms with Crippen molar-refractivity contribution in [2.75, 3.05) is 0 Å². The number of aromatic nitrogens is 2. The normalized spacial score (nSPS) is 9.50. The summed E-state index contributed by atoms with van der Waals surface area (Å²) >= 11 is 0. The van der Waals surface area contributed by atoms with Gasteiger partial charge in [0.25, 0.3) is 0 Å². The van der Waals surface area contributed by atoms with Gasteiger partial charge in [-0.2, -0.15) is 0 Å². The predicted octanol–water partition coefficient (Wildman–Crippen LogP) is 7.18. The van der Waals surface area contributed by atoms with Crippen molar-refractivity contribution in [1.82, 2.24) is 9.97 Å². The number of aryl methyl sites for hydroxylation is 2. The van der Waals surface area contributed by atoms with Gasteiger partial charge in [0.15, 0.2) is 0 Å². The molecule has 1 N–H and O–H groups in total. The van der Waals surface area contributed by atoms with Crippen LogP contribution in [-0.2, 0) is 6.42 Å². The maximum Gasteiger partial charge on any atom is 0.864 e. The third-order valence-electron chi connectivity index (χ3n) is 4.68. The zero-order valence-electron chi connectivity index (χ0n) is 20.7. The van der Waals surface area contributed by atoms with Gasteiger partial charge in [-0.1, -0.05) is 97.9 Å². The van der Waals surface area contributed by atoms with E-state index in [1.165, 1.54) is 0 Å². The number of imidazole rings is 1. The van der Waals surface area contributed by atoms with Crippen LogP contribution in [0, 0.1) is 6.92 Å². The molecule has 5 rings (SSSR count). The van der Waals surface area contributed by atoms with E-state index in [1.807, 2.05) is 141 Å². The average Bonchev–Trinajstić information content (AvgIpc) is 3.37. The summed E-state index contributed by atoms with van der Waals surface area (Å²) in [6.07, 6.45) is 2.84. The molecular formula is C30H31BN2O3. The molecule has 36 heavy (non-hydrogen) atoms. The standard InChI is InChI=1S/C18H15BO3.C6H10N2.C6H6/c1-4-10-16(11-5-1)20-19(21-17-12-6-2-7-13-17)22-18-14-8-3-9-15-18;1-3-6-7-4-5(2)8-6;1-2-4-6-5-3-1/h1-15H;4H,3H2,1-2H3,(H,7,8);1-6H. The lowest BCUT2D eigenvalue weighted by Crippen LogP contribution is -2.36. The Morgan fingerprint density at radius 3 is 1.17 bits per heavy atom. The summed E-state index contributed by atoms with van der Waals surface area (Å²) in [5.74, 6) is 3.11. The second-order valence-corrected chi connectivity index (χ2v) is 7.60. The van der Waals surface area contributed by atoms with Gasteiger partial charge in [0.05, 0.1) is 0 Å². The minimum Gasteiger partial charge on any atom is -0.490 e. The second kappa shape index (κ2) is 15.5. The number of aromatic amines is 1. The summed E-state index contributed by atoms with van der Waals surface area (Å²) in [4.78, 5) is 7.19. The highest BCUT2D eigenvalue weighted by atomic mass is 16.7. The van der Waals surface area contributed by atoms with Crippen molar-refractivity contribution in [2.45, 2.75) is 20.3 Å². The monoisotopic (exact) mass is 478 g/mol. The van der Waals surface area contributed by atoms with E-state index in [9.17, 15) is 0 Å². The Labute approximate surface area is 213 Å². The van der Waals surface area contributed by atoms with Gasteiger partial charge in [-0.05, 0) is 43.3 Å². The van der Waals surface area contributed by atoms with Crippen LogP contribution >= 0.6 is 0 Å². The molecule has 0 aliphatic carbocycles. The summed E-state index contributed by atoms with van der Waals surface area (Å²) < 4.78 is 17.3. The Kier molecular flexibility index (Phi) is 11.2. The van der Waals surface area contributed by atoms with Crippen LogP contribution in [-0.4, -0.2) is 17.3 Å². The zero-order valence-corrected chi connectivity index (χ0v) is 20.7. The van der Waals surface area contributed by atoms with Gasteiger partial charge in [-0.15, -0.1) is 0 Å². The van der Waals surface area contributed by atoms with Crippen molar-refractivity contribution in [2.24, 2.45) is 0 Å². The lowest BCUT2D eigenvalue weighted by atomic mass is 10.2. The predicted molar refractivity (Wildman–Crippen MR) is 146 cm³/mol. The number of para-hydroxylation sites is 3. The topological polar surface area (TPSA) is 56.4 Å². The number of hydrogen-bond acceptors (Lipinski definition) is 4. The van der Waals surface area contributed by atoms with Gasteiger partial charge in [0, 0.05) is 18.3 Å². The van der Waals surface area contributed by atoms with Crippen molar-refractivity contribution >= 4 is 7.32 Å². The molecule has 0 atom stereocenters. The van der Waals surface area contributed by atoms with E-state index < -0.39 is 7.32 Å². The van der Waals surface area contributed by atoms with Gasteiger partial charge >= 0.3 is 7.32 Å². The molecular weight excluding hydrogens is 447 g/mol. The minimum absolute atomic E-state index is 0.680. The van der Waals surface area contributed by atoms with E-state index in [-0.39, 0.29) is 0 Å². The first kappa shape index (κ1) is 26.2. The van der Waals surface area contributed by atoms with Crippen molar-refractivity contribution in [3.63, 3.8) is 0 Å². The molecule has 0 amide bonds. The van der Waals surface area contributed by atoms with Crippen molar-refractivity contribution in [3.05, 3.63) is 145 Å². The van der Waals surface area contributed by atoms with E-state index >= 15 is 0 Å². The molecule has 0 aliphatic rings. The number of nitrogens with one attached hydrogen (secondary N) is 1. The van der Waals surface area contributed by atoms with Crippen molar-refractivity contribution < 1.29 is 14.0 Å². The molecule has 0 saturated carbocycles. The summed E-state index contributed by atoms with van der Waals surface area (Å²) in [7, 11) is -0.868. The molecule has 5 aromatic rings. The van der Waals surface area contributed by atoms with Gasteiger partial charge in [-0.25, -0.2) is 4.98 Å². The Bertz CT molecular complexity index is 1080. The third-order valence-corrected chi connectivity index (χ3v) is 4.68. The van der Waals surface area contributed by atoms with E-state index in [0.29, 0.717) is 17.2 Å². The Morgan fingerprint density at radius 2 is 0.917 bits per heavy atom. The largest absolute Gasteiger partial charge is 0.864 e. The average molecular weight is 478 g/mol. The molecule has 0 radical (unpaired) electrons. The lowest BCUT2D eigenvalue weighted by molar-refractivity contribution is 0.307. The maximum absolute atomic E-state index is 5.78. The summed E-state index contributed by atoms with van der Waals surface area (Å²) in [6.45, 7) is 4.09. The third kappa shape index (κ3) is 10.2. The molecule has 0 fully saturated rings.